The molecule has 1 fully saturated rings. The molecule has 2 aromatic rings. The lowest BCUT2D eigenvalue weighted by Gasteiger charge is -2.32. The Morgan fingerprint density at radius 1 is 1.24 bits per heavy atom. The van der Waals surface area contributed by atoms with Crippen LogP contribution >= 0.6 is 0 Å². The third-order valence-corrected chi connectivity index (χ3v) is 5.23. The molecule has 0 saturated carbocycles. The van der Waals surface area contributed by atoms with Crippen molar-refractivity contribution in [1.82, 2.24) is 19.4 Å². The van der Waals surface area contributed by atoms with Gasteiger partial charge in [-0.3, -0.25) is 9.78 Å². The number of imidazole rings is 1. The number of rotatable bonds is 5. The Labute approximate surface area is 150 Å². The largest absolute Gasteiger partial charge is 0.339 e. The minimum Gasteiger partial charge on any atom is -0.339 e. The molecule has 3 heterocycles. The summed E-state index contributed by atoms with van der Waals surface area (Å²) in [5, 5.41) is 0. The Morgan fingerprint density at radius 2 is 2.00 bits per heavy atom. The highest BCUT2D eigenvalue weighted by molar-refractivity contribution is 5.95. The van der Waals surface area contributed by atoms with E-state index in [2.05, 4.69) is 28.4 Å². The molecule has 0 bridgehead atoms. The molecule has 0 atom stereocenters. The number of pyridine rings is 1. The SMILES string of the molecule is CCCn1c(C)cnc1CC1CCN(C(=O)c2cnccc2C)CC1. The van der Waals surface area contributed by atoms with Crippen LogP contribution in [0.15, 0.2) is 24.7 Å². The predicted octanol–water partition coefficient (Wildman–Crippen LogP) is 3.40. The molecule has 0 spiro atoms. The fourth-order valence-corrected chi connectivity index (χ4v) is 3.66. The number of hydrogen-bond acceptors (Lipinski definition) is 3. The summed E-state index contributed by atoms with van der Waals surface area (Å²) in [5.74, 6) is 1.93. The lowest BCUT2D eigenvalue weighted by molar-refractivity contribution is 0.0688. The van der Waals surface area contributed by atoms with Crippen LogP contribution in [0.3, 0.4) is 0 Å². The first-order valence-electron chi connectivity index (χ1n) is 9.31. The molecule has 0 aromatic carbocycles. The Balaban J connectivity index is 1.59. The molecule has 1 aliphatic heterocycles. The van der Waals surface area contributed by atoms with Crippen LogP contribution in [0.2, 0.25) is 0 Å². The summed E-state index contributed by atoms with van der Waals surface area (Å²) in [6.45, 7) is 8.99. The Morgan fingerprint density at radius 3 is 2.68 bits per heavy atom. The molecule has 3 rings (SSSR count). The number of aromatic nitrogens is 3. The third-order valence-electron chi connectivity index (χ3n) is 5.23. The zero-order chi connectivity index (χ0) is 17.8. The minimum absolute atomic E-state index is 0.118. The van der Waals surface area contributed by atoms with Crippen LogP contribution in [0, 0.1) is 19.8 Å². The summed E-state index contributed by atoms with van der Waals surface area (Å²) in [6.07, 6.45) is 9.64. The number of carbonyl (C=O) groups excluding carboxylic acids is 1. The summed E-state index contributed by atoms with van der Waals surface area (Å²) in [4.78, 5) is 23.4. The lowest BCUT2D eigenvalue weighted by Crippen LogP contribution is -2.39. The van der Waals surface area contributed by atoms with Gasteiger partial charge in [0.05, 0.1) is 5.56 Å². The van der Waals surface area contributed by atoms with Gasteiger partial charge in [0.15, 0.2) is 0 Å². The maximum absolute atomic E-state index is 12.7. The molecule has 0 aliphatic carbocycles. The van der Waals surface area contributed by atoms with Gasteiger partial charge in [0.25, 0.3) is 5.91 Å². The van der Waals surface area contributed by atoms with E-state index in [-0.39, 0.29) is 5.91 Å². The van der Waals surface area contributed by atoms with Crippen LogP contribution in [0.1, 0.15) is 53.6 Å². The maximum atomic E-state index is 12.7. The number of piperidine rings is 1. The van der Waals surface area contributed by atoms with Crippen molar-refractivity contribution in [3.8, 4) is 0 Å². The van der Waals surface area contributed by atoms with Gasteiger partial charge >= 0.3 is 0 Å². The zero-order valence-corrected chi connectivity index (χ0v) is 15.5. The van der Waals surface area contributed by atoms with E-state index < -0.39 is 0 Å². The molecule has 1 saturated heterocycles. The fourth-order valence-electron chi connectivity index (χ4n) is 3.66. The van der Waals surface area contributed by atoms with E-state index in [4.69, 9.17) is 0 Å². The second-order valence-electron chi connectivity index (χ2n) is 7.10. The predicted molar refractivity (Wildman–Crippen MR) is 98.6 cm³/mol. The van der Waals surface area contributed by atoms with Crippen molar-refractivity contribution in [2.45, 2.75) is 53.0 Å². The normalized spacial score (nSPS) is 15.6. The van der Waals surface area contributed by atoms with Gasteiger partial charge in [-0.15, -0.1) is 0 Å². The van der Waals surface area contributed by atoms with Gasteiger partial charge in [0, 0.05) is 50.3 Å². The fraction of sp³-hybridized carbons (Fsp3) is 0.550. The number of nitrogens with zero attached hydrogens (tertiary/aromatic N) is 4. The molecule has 0 radical (unpaired) electrons. The molecule has 1 aliphatic rings. The van der Waals surface area contributed by atoms with Crippen molar-refractivity contribution in [3.63, 3.8) is 0 Å². The number of carbonyl (C=O) groups is 1. The summed E-state index contributed by atoms with van der Waals surface area (Å²) in [5.41, 5.74) is 2.98. The van der Waals surface area contributed by atoms with Crippen LogP contribution in [0.5, 0.6) is 0 Å². The second kappa shape index (κ2) is 7.81. The van der Waals surface area contributed by atoms with Crippen LogP contribution in [-0.2, 0) is 13.0 Å². The van der Waals surface area contributed by atoms with Crippen LogP contribution < -0.4 is 0 Å². The van der Waals surface area contributed by atoms with E-state index in [1.165, 1.54) is 11.5 Å². The number of aryl methyl sites for hydroxylation is 2. The monoisotopic (exact) mass is 340 g/mol. The first-order chi connectivity index (χ1) is 12.1. The second-order valence-corrected chi connectivity index (χ2v) is 7.10. The standard InChI is InChI=1S/C20H28N4O/c1-4-9-24-16(3)13-22-19(24)12-17-6-10-23(11-7-17)20(25)18-14-21-8-5-15(18)2/h5,8,13-14,17H,4,6-7,9-12H2,1-3H3. The van der Waals surface area contributed by atoms with Crippen LogP contribution in [0.4, 0.5) is 0 Å². The van der Waals surface area contributed by atoms with Crippen LogP contribution in [-0.4, -0.2) is 38.4 Å². The quantitative estimate of drug-likeness (QED) is 0.838. The minimum atomic E-state index is 0.118. The summed E-state index contributed by atoms with van der Waals surface area (Å²) in [6, 6.07) is 1.90. The van der Waals surface area contributed by atoms with Crippen molar-refractivity contribution in [1.29, 1.82) is 0 Å². The van der Waals surface area contributed by atoms with Gasteiger partial charge in [-0.25, -0.2) is 4.98 Å². The van der Waals surface area contributed by atoms with Crippen LogP contribution in [0.25, 0.3) is 0 Å². The van der Waals surface area contributed by atoms with Crippen molar-refractivity contribution >= 4 is 5.91 Å². The molecule has 5 heteroatoms. The van der Waals surface area contributed by atoms with Crippen molar-refractivity contribution in [2.24, 2.45) is 5.92 Å². The zero-order valence-electron chi connectivity index (χ0n) is 15.5. The number of hydrogen-bond donors (Lipinski definition) is 0. The smallest absolute Gasteiger partial charge is 0.255 e. The maximum Gasteiger partial charge on any atom is 0.255 e. The van der Waals surface area contributed by atoms with Gasteiger partial charge in [-0.05, 0) is 50.7 Å². The van der Waals surface area contributed by atoms with Gasteiger partial charge < -0.3 is 9.47 Å². The molecule has 2 aromatic heterocycles. The van der Waals surface area contributed by atoms with E-state index in [1.807, 2.05) is 24.1 Å². The van der Waals surface area contributed by atoms with Gasteiger partial charge in [-0.1, -0.05) is 6.92 Å². The molecule has 134 valence electrons. The Hall–Kier alpha value is -2.17. The highest BCUT2D eigenvalue weighted by Crippen LogP contribution is 2.23. The molecule has 0 N–H and O–H groups in total. The number of amides is 1. The molecule has 1 amide bonds. The topological polar surface area (TPSA) is 51.0 Å². The average Bonchev–Trinajstić information content (AvgIpc) is 2.96. The Bertz CT molecular complexity index is 729. The van der Waals surface area contributed by atoms with E-state index in [9.17, 15) is 4.79 Å². The average molecular weight is 340 g/mol. The van der Waals surface area contributed by atoms with Crippen molar-refractivity contribution in [3.05, 3.63) is 47.3 Å². The molecule has 25 heavy (non-hydrogen) atoms. The lowest BCUT2D eigenvalue weighted by atomic mass is 9.92. The highest BCUT2D eigenvalue weighted by atomic mass is 16.2. The van der Waals surface area contributed by atoms with Gasteiger partial charge in [-0.2, -0.15) is 0 Å². The number of likely N-dealkylation sites (tertiary alicyclic amines) is 1. The Kier molecular flexibility index (Phi) is 5.51. The van der Waals surface area contributed by atoms with Gasteiger partial charge in [0.1, 0.15) is 5.82 Å². The molecular weight excluding hydrogens is 312 g/mol. The van der Waals surface area contributed by atoms with E-state index in [1.54, 1.807) is 12.4 Å². The van der Waals surface area contributed by atoms with E-state index in [0.29, 0.717) is 5.92 Å². The van der Waals surface area contributed by atoms with Crippen molar-refractivity contribution < 1.29 is 4.79 Å². The van der Waals surface area contributed by atoms with E-state index in [0.717, 1.165) is 56.4 Å². The third kappa shape index (κ3) is 3.91. The van der Waals surface area contributed by atoms with Gasteiger partial charge in [0.2, 0.25) is 0 Å². The summed E-state index contributed by atoms with van der Waals surface area (Å²) >= 11 is 0. The summed E-state index contributed by atoms with van der Waals surface area (Å²) in [7, 11) is 0. The highest BCUT2D eigenvalue weighted by Gasteiger charge is 2.25. The first kappa shape index (κ1) is 17.6. The molecule has 0 unspecified atom stereocenters. The molecule has 5 nitrogen and oxygen atoms in total. The first-order valence-corrected chi connectivity index (χ1v) is 9.31. The van der Waals surface area contributed by atoms with Crippen molar-refractivity contribution in [2.75, 3.05) is 13.1 Å². The molecular formula is C20H28N4O. The van der Waals surface area contributed by atoms with E-state index >= 15 is 0 Å². The summed E-state index contributed by atoms with van der Waals surface area (Å²) < 4.78 is 2.34.